The molecule has 0 amide bonds. The number of rotatable bonds is 2. The Bertz CT molecular complexity index is 560. The predicted octanol–water partition coefficient (Wildman–Crippen LogP) is 2.97. The number of nitrogens with zero attached hydrogens (tertiary/aromatic N) is 1. The molecule has 0 spiro atoms. The number of aromatic amines is 1. The Kier molecular flexibility index (Phi) is 3.57. The lowest BCUT2D eigenvalue weighted by molar-refractivity contribution is 0.628. The molecule has 4 nitrogen and oxygen atoms in total. The molecule has 2 aromatic rings. The zero-order chi connectivity index (χ0) is 13.1. The van der Waals surface area contributed by atoms with Gasteiger partial charge in [-0.25, -0.2) is 4.39 Å². The largest absolute Gasteiger partial charge is 0.332 e. The highest BCUT2D eigenvalue weighted by Crippen LogP contribution is 2.17. The van der Waals surface area contributed by atoms with Gasteiger partial charge in [0, 0.05) is 5.69 Å². The second-order valence-corrected chi connectivity index (χ2v) is 4.31. The summed E-state index contributed by atoms with van der Waals surface area (Å²) >= 11 is 5.16. The Morgan fingerprint density at radius 3 is 2.72 bits per heavy atom. The molecule has 0 unspecified atom stereocenters. The van der Waals surface area contributed by atoms with Crippen LogP contribution in [0, 0.1) is 19.7 Å². The van der Waals surface area contributed by atoms with Gasteiger partial charge < -0.3 is 10.6 Å². The molecule has 94 valence electrons. The monoisotopic (exact) mass is 264 g/mol. The zero-order valence-corrected chi connectivity index (χ0v) is 10.9. The van der Waals surface area contributed by atoms with Crippen LogP contribution in [0.25, 0.3) is 0 Å². The van der Waals surface area contributed by atoms with Gasteiger partial charge in [-0.15, -0.1) is 0 Å². The third-order valence-corrected chi connectivity index (χ3v) is 2.65. The quantitative estimate of drug-likeness (QED) is 0.730. The lowest BCUT2D eigenvalue weighted by Gasteiger charge is -2.10. The Hall–Kier alpha value is -1.95. The molecule has 0 saturated heterocycles. The van der Waals surface area contributed by atoms with Crippen molar-refractivity contribution in [2.75, 3.05) is 10.6 Å². The summed E-state index contributed by atoms with van der Waals surface area (Å²) in [5.74, 6) is -0.307. The van der Waals surface area contributed by atoms with Crippen LogP contribution in [0.2, 0.25) is 0 Å². The lowest BCUT2D eigenvalue weighted by Crippen LogP contribution is -2.19. The highest BCUT2D eigenvalue weighted by atomic mass is 32.1. The number of aryl methyl sites for hydroxylation is 2. The van der Waals surface area contributed by atoms with Crippen molar-refractivity contribution < 1.29 is 4.39 Å². The average molecular weight is 264 g/mol. The van der Waals surface area contributed by atoms with Gasteiger partial charge in [0.15, 0.2) is 5.11 Å². The van der Waals surface area contributed by atoms with E-state index in [2.05, 4.69) is 20.8 Å². The molecule has 0 fully saturated rings. The third-order valence-electron chi connectivity index (χ3n) is 2.45. The third kappa shape index (κ3) is 2.84. The second kappa shape index (κ2) is 5.14. The minimum atomic E-state index is -0.307. The number of benzene rings is 1. The topological polar surface area (TPSA) is 52.7 Å². The van der Waals surface area contributed by atoms with E-state index < -0.39 is 0 Å². The van der Waals surface area contributed by atoms with Gasteiger partial charge >= 0.3 is 0 Å². The van der Waals surface area contributed by atoms with Crippen molar-refractivity contribution in [1.29, 1.82) is 0 Å². The van der Waals surface area contributed by atoms with Gasteiger partial charge in [-0.05, 0) is 44.3 Å². The van der Waals surface area contributed by atoms with Gasteiger partial charge in [0.1, 0.15) is 5.82 Å². The molecule has 1 aromatic heterocycles. The normalized spacial score (nSPS) is 10.2. The van der Waals surface area contributed by atoms with Crippen molar-refractivity contribution in [2.45, 2.75) is 13.8 Å². The molecule has 1 aromatic carbocycles. The van der Waals surface area contributed by atoms with E-state index >= 15 is 0 Å². The molecule has 0 atom stereocenters. The van der Waals surface area contributed by atoms with Gasteiger partial charge in [-0.3, -0.25) is 5.10 Å². The predicted molar refractivity (Wildman–Crippen MR) is 74.3 cm³/mol. The van der Waals surface area contributed by atoms with Crippen molar-refractivity contribution >= 4 is 28.7 Å². The first-order chi connectivity index (χ1) is 8.56. The van der Waals surface area contributed by atoms with E-state index in [0.29, 0.717) is 10.8 Å². The lowest BCUT2D eigenvalue weighted by atomic mass is 10.3. The molecular weight excluding hydrogens is 251 g/mol. The van der Waals surface area contributed by atoms with Crippen molar-refractivity contribution in [3.8, 4) is 0 Å². The molecule has 0 aliphatic rings. The minimum Gasteiger partial charge on any atom is -0.332 e. The molecule has 18 heavy (non-hydrogen) atoms. The fraction of sp³-hybridized carbons (Fsp3) is 0.167. The van der Waals surface area contributed by atoms with Crippen LogP contribution in [0.1, 0.15) is 11.4 Å². The summed E-state index contributed by atoms with van der Waals surface area (Å²) in [4.78, 5) is 0. The van der Waals surface area contributed by atoms with E-state index in [1.807, 2.05) is 13.8 Å². The Morgan fingerprint density at radius 1 is 1.33 bits per heavy atom. The average Bonchev–Trinajstić information content (AvgIpc) is 2.61. The van der Waals surface area contributed by atoms with Gasteiger partial charge in [-0.2, -0.15) is 5.10 Å². The SMILES string of the molecule is Cc1n[nH]c(C)c1NC(=S)Nc1cccc(F)c1. The molecule has 6 heteroatoms. The first-order valence-corrected chi connectivity index (χ1v) is 5.82. The summed E-state index contributed by atoms with van der Waals surface area (Å²) in [6.45, 7) is 3.77. The number of nitrogens with one attached hydrogen (secondary N) is 3. The second-order valence-electron chi connectivity index (χ2n) is 3.90. The molecule has 0 radical (unpaired) electrons. The first-order valence-electron chi connectivity index (χ1n) is 5.41. The van der Waals surface area contributed by atoms with E-state index in [9.17, 15) is 4.39 Å². The molecule has 0 bridgehead atoms. The molecule has 0 saturated carbocycles. The van der Waals surface area contributed by atoms with Crippen molar-refractivity contribution in [2.24, 2.45) is 0 Å². The number of thiocarbonyl (C=S) groups is 1. The smallest absolute Gasteiger partial charge is 0.175 e. The van der Waals surface area contributed by atoms with Crippen LogP contribution in [0.5, 0.6) is 0 Å². The van der Waals surface area contributed by atoms with Gasteiger partial charge in [0.05, 0.1) is 17.1 Å². The molecule has 0 aliphatic carbocycles. The fourth-order valence-corrected chi connectivity index (χ4v) is 1.80. The number of anilines is 2. The van der Waals surface area contributed by atoms with E-state index in [4.69, 9.17) is 12.2 Å². The maximum Gasteiger partial charge on any atom is 0.175 e. The summed E-state index contributed by atoms with van der Waals surface area (Å²) in [6.07, 6.45) is 0. The van der Waals surface area contributed by atoms with Gasteiger partial charge in [0.2, 0.25) is 0 Å². The standard InChI is InChI=1S/C12H13FN4S/c1-7-11(8(2)17-16-7)15-12(18)14-10-5-3-4-9(13)6-10/h3-6H,1-2H3,(H,16,17)(H2,14,15,18). The number of H-pyrrole nitrogens is 1. The summed E-state index contributed by atoms with van der Waals surface area (Å²) in [5, 5.41) is 13.3. The summed E-state index contributed by atoms with van der Waals surface area (Å²) in [5.41, 5.74) is 3.17. The maximum atomic E-state index is 13.0. The van der Waals surface area contributed by atoms with Crippen LogP contribution in [0.4, 0.5) is 15.8 Å². The Balaban J connectivity index is 2.06. The molecule has 1 heterocycles. The van der Waals surface area contributed by atoms with Crippen LogP contribution in [0.3, 0.4) is 0 Å². The van der Waals surface area contributed by atoms with E-state index in [0.717, 1.165) is 17.1 Å². The summed E-state index contributed by atoms with van der Waals surface area (Å²) in [6, 6.07) is 6.12. The molecule has 3 N–H and O–H groups in total. The van der Waals surface area contributed by atoms with Crippen LogP contribution >= 0.6 is 12.2 Å². The van der Waals surface area contributed by atoms with Crippen molar-refractivity contribution in [3.63, 3.8) is 0 Å². The van der Waals surface area contributed by atoms with Crippen molar-refractivity contribution in [1.82, 2.24) is 10.2 Å². The van der Waals surface area contributed by atoms with Gasteiger partial charge in [-0.1, -0.05) is 6.07 Å². The molecule has 0 aliphatic heterocycles. The zero-order valence-electron chi connectivity index (χ0n) is 10.0. The van der Waals surface area contributed by atoms with E-state index in [1.165, 1.54) is 12.1 Å². The van der Waals surface area contributed by atoms with Crippen LogP contribution < -0.4 is 10.6 Å². The molecule has 2 rings (SSSR count). The fourth-order valence-electron chi connectivity index (χ4n) is 1.58. The minimum absolute atomic E-state index is 0.307. The number of hydrogen-bond donors (Lipinski definition) is 3. The van der Waals surface area contributed by atoms with Crippen molar-refractivity contribution in [3.05, 3.63) is 41.5 Å². The molecular formula is C12H13FN4S. The van der Waals surface area contributed by atoms with Crippen LogP contribution in [-0.2, 0) is 0 Å². The highest BCUT2D eigenvalue weighted by molar-refractivity contribution is 7.80. The van der Waals surface area contributed by atoms with Gasteiger partial charge in [0.25, 0.3) is 0 Å². The van der Waals surface area contributed by atoms with Crippen LogP contribution in [-0.4, -0.2) is 15.3 Å². The number of halogens is 1. The van der Waals surface area contributed by atoms with Crippen LogP contribution in [0.15, 0.2) is 24.3 Å². The van der Waals surface area contributed by atoms with E-state index in [1.54, 1.807) is 12.1 Å². The van der Waals surface area contributed by atoms with E-state index in [-0.39, 0.29) is 5.82 Å². The Labute approximate surface area is 110 Å². The highest BCUT2D eigenvalue weighted by Gasteiger charge is 2.07. The Morgan fingerprint density at radius 2 is 2.11 bits per heavy atom. The number of hydrogen-bond acceptors (Lipinski definition) is 2. The first kappa shape index (κ1) is 12.5. The number of aromatic nitrogens is 2. The summed E-state index contributed by atoms with van der Waals surface area (Å²) < 4.78 is 13.0. The maximum absolute atomic E-state index is 13.0. The summed E-state index contributed by atoms with van der Waals surface area (Å²) in [7, 11) is 0.